The number of aryl methyl sites for hydroxylation is 1. The number of hydrogen-bond acceptors (Lipinski definition) is 9. The normalized spacial score (nSPS) is 11.1. The van der Waals surface area contributed by atoms with Gasteiger partial charge in [-0.3, -0.25) is 0 Å². The molecule has 2 aromatic heterocycles. The highest BCUT2D eigenvalue weighted by Crippen LogP contribution is 2.27. The van der Waals surface area contributed by atoms with Crippen molar-refractivity contribution in [3.05, 3.63) is 77.3 Å². The zero-order chi connectivity index (χ0) is 22.5. The van der Waals surface area contributed by atoms with Crippen LogP contribution >= 0.6 is 11.8 Å². The first-order valence-corrected chi connectivity index (χ1v) is 11.1. The third-order valence-corrected chi connectivity index (χ3v) is 5.72. The standard InChI is InChI=1S/C23H22N4O4S/c1-14(2)16-8-10-17(11-9-16)22-25-20(30-27-22)12-29-23(28)18-6-4-5-7-19(18)32-13-21-24-15(3)26-31-21/h4-11,14H,12-13H2,1-3H3. The van der Waals surface area contributed by atoms with E-state index in [9.17, 15) is 4.79 Å². The summed E-state index contributed by atoms with van der Waals surface area (Å²) in [5.41, 5.74) is 2.52. The van der Waals surface area contributed by atoms with Crippen molar-refractivity contribution in [1.82, 2.24) is 20.3 Å². The molecule has 0 aliphatic carbocycles. The molecule has 164 valence electrons. The number of benzene rings is 2. The van der Waals surface area contributed by atoms with Gasteiger partial charge in [0.25, 0.3) is 5.89 Å². The van der Waals surface area contributed by atoms with E-state index in [1.54, 1.807) is 19.1 Å². The van der Waals surface area contributed by atoms with Crippen LogP contribution in [0.4, 0.5) is 0 Å². The number of hydrogen-bond donors (Lipinski definition) is 0. The van der Waals surface area contributed by atoms with Crippen LogP contribution in [-0.2, 0) is 17.1 Å². The Morgan fingerprint density at radius 2 is 1.75 bits per heavy atom. The monoisotopic (exact) mass is 450 g/mol. The first-order valence-electron chi connectivity index (χ1n) is 10.1. The lowest BCUT2D eigenvalue weighted by molar-refractivity contribution is 0.0425. The molecule has 0 atom stereocenters. The maximum atomic E-state index is 12.7. The molecular formula is C23H22N4O4S. The van der Waals surface area contributed by atoms with E-state index < -0.39 is 5.97 Å². The quantitative estimate of drug-likeness (QED) is 0.264. The maximum Gasteiger partial charge on any atom is 0.339 e. The Kier molecular flexibility index (Phi) is 6.65. The van der Waals surface area contributed by atoms with Crippen LogP contribution in [0.3, 0.4) is 0 Å². The summed E-state index contributed by atoms with van der Waals surface area (Å²) in [6.07, 6.45) is 0. The van der Waals surface area contributed by atoms with Crippen molar-refractivity contribution < 1.29 is 18.6 Å². The molecule has 0 aliphatic heterocycles. The molecule has 0 bridgehead atoms. The molecule has 0 amide bonds. The predicted molar refractivity (Wildman–Crippen MR) is 118 cm³/mol. The molecule has 0 unspecified atom stereocenters. The average molecular weight is 451 g/mol. The van der Waals surface area contributed by atoms with Crippen LogP contribution in [0.5, 0.6) is 0 Å². The number of aromatic nitrogens is 4. The van der Waals surface area contributed by atoms with Gasteiger partial charge in [0.05, 0.1) is 11.3 Å². The molecule has 8 nitrogen and oxygen atoms in total. The zero-order valence-electron chi connectivity index (χ0n) is 17.9. The van der Waals surface area contributed by atoms with E-state index in [0.29, 0.717) is 34.8 Å². The second kappa shape index (κ2) is 9.78. The van der Waals surface area contributed by atoms with Crippen molar-refractivity contribution >= 4 is 17.7 Å². The molecule has 0 aliphatic rings. The minimum atomic E-state index is -0.476. The second-order valence-corrected chi connectivity index (χ2v) is 8.40. The van der Waals surface area contributed by atoms with Crippen LogP contribution in [-0.4, -0.2) is 26.3 Å². The van der Waals surface area contributed by atoms with Gasteiger partial charge in [-0.2, -0.15) is 9.97 Å². The van der Waals surface area contributed by atoms with Gasteiger partial charge in [-0.05, 0) is 30.5 Å². The summed E-state index contributed by atoms with van der Waals surface area (Å²) in [4.78, 5) is 21.9. The molecule has 0 spiro atoms. The van der Waals surface area contributed by atoms with E-state index in [4.69, 9.17) is 13.8 Å². The van der Waals surface area contributed by atoms with E-state index in [1.807, 2.05) is 36.4 Å². The van der Waals surface area contributed by atoms with Crippen LogP contribution in [0.2, 0.25) is 0 Å². The van der Waals surface area contributed by atoms with Gasteiger partial charge >= 0.3 is 5.97 Å². The second-order valence-electron chi connectivity index (χ2n) is 7.38. The Morgan fingerprint density at radius 1 is 1.00 bits per heavy atom. The lowest BCUT2D eigenvalue weighted by atomic mass is 10.0. The molecule has 4 rings (SSSR count). The van der Waals surface area contributed by atoms with Crippen molar-refractivity contribution in [2.45, 2.75) is 43.9 Å². The Bertz CT molecular complexity index is 1200. The zero-order valence-corrected chi connectivity index (χ0v) is 18.8. The minimum Gasteiger partial charge on any atom is -0.452 e. The van der Waals surface area contributed by atoms with E-state index in [0.717, 1.165) is 10.5 Å². The summed E-state index contributed by atoms with van der Waals surface area (Å²) >= 11 is 1.42. The first kappa shape index (κ1) is 21.8. The predicted octanol–water partition coefficient (Wildman–Crippen LogP) is 5.20. The largest absolute Gasteiger partial charge is 0.452 e. The number of carbonyl (C=O) groups excluding carboxylic acids is 1. The third kappa shape index (κ3) is 5.23. The lowest BCUT2D eigenvalue weighted by Crippen LogP contribution is -2.07. The molecular weight excluding hydrogens is 428 g/mol. The maximum absolute atomic E-state index is 12.7. The van der Waals surface area contributed by atoms with Crippen molar-refractivity contribution in [1.29, 1.82) is 0 Å². The Balaban J connectivity index is 1.38. The van der Waals surface area contributed by atoms with Gasteiger partial charge in [0.1, 0.15) is 0 Å². The molecule has 0 fully saturated rings. The summed E-state index contributed by atoms with van der Waals surface area (Å²) < 4.78 is 15.8. The Labute approximate surface area is 189 Å². The fraction of sp³-hybridized carbons (Fsp3) is 0.261. The van der Waals surface area contributed by atoms with Crippen LogP contribution in [0.1, 0.15) is 53.3 Å². The van der Waals surface area contributed by atoms with Crippen LogP contribution in [0.15, 0.2) is 62.5 Å². The van der Waals surface area contributed by atoms with Gasteiger partial charge in [0.15, 0.2) is 12.4 Å². The van der Waals surface area contributed by atoms with Crippen LogP contribution < -0.4 is 0 Å². The lowest BCUT2D eigenvalue weighted by Gasteiger charge is -2.07. The summed E-state index contributed by atoms with van der Waals surface area (Å²) in [5, 5.41) is 7.76. The van der Waals surface area contributed by atoms with Crippen LogP contribution in [0, 0.1) is 6.92 Å². The molecule has 2 aromatic carbocycles. The van der Waals surface area contributed by atoms with Crippen molar-refractivity contribution in [2.75, 3.05) is 0 Å². The van der Waals surface area contributed by atoms with Gasteiger partial charge in [-0.25, -0.2) is 4.79 Å². The van der Waals surface area contributed by atoms with Gasteiger partial charge < -0.3 is 13.8 Å². The van der Waals surface area contributed by atoms with Gasteiger partial charge in [0.2, 0.25) is 11.7 Å². The number of thioether (sulfide) groups is 1. The smallest absolute Gasteiger partial charge is 0.339 e. The molecule has 0 saturated heterocycles. The summed E-state index contributed by atoms with van der Waals surface area (Å²) in [6.45, 7) is 5.92. The van der Waals surface area contributed by atoms with Gasteiger partial charge in [0, 0.05) is 10.5 Å². The SMILES string of the molecule is Cc1noc(CSc2ccccc2C(=O)OCc2nc(-c3ccc(C(C)C)cc3)no2)n1. The number of ether oxygens (including phenoxy) is 1. The summed E-state index contributed by atoms with van der Waals surface area (Å²) in [7, 11) is 0. The highest BCUT2D eigenvalue weighted by Gasteiger charge is 2.16. The molecule has 32 heavy (non-hydrogen) atoms. The summed E-state index contributed by atoms with van der Waals surface area (Å²) in [5.74, 6) is 2.18. The number of esters is 1. The fourth-order valence-corrected chi connectivity index (χ4v) is 3.83. The molecule has 2 heterocycles. The Morgan fingerprint density at radius 3 is 2.47 bits per heavy atom. The van der Waals surface area contributed by atoms with Crippen molar-refractivity contribution in [3.8, 4) is 11.4 Å². The molecule has 0 saturated carbocycles. The molecule has 0 radical (unpaired) electrons. The first-order chi connectivity index (χ1) is 15.5. The van der Waals surface area contributed by atoms with E-state index in [1.165, 1.54) is 17.3 Å². The average Bonchev–Trinajstić information content (AvgIpc) is 3.45. The molecule has 0 N–H and O–H groups in total. The summed E-state index contributed by atoms with van der Waals surface area (Å²) in [6, 6.07) is 15.2. The topological polar surface area (TPSA) is 104 Å². The van der Waals surface area contributed by atoms with E-state index in [-0.39, 0.29) is 12.5 Å². The Hall–Kier alpha value is -3.46. The van der Waals surface area contributed by atoms with Crippen molar-refractivity contribution in [3.63, 3.8) is 0 Å². The number of nitrogens with zero attached hydrogens (tertiary/aromatic N) is 4. The van der Waals surface area contributed by atoms with Gasteiger partial charge in [-0.15, -0.1) is 11.8 Å². The van der Waals surface area contributed by atoms with E-state index >= 15 is 0 Å². The van der Waals surface area contributed by atoms with Gasteiger partial charge in [-0.1, -0.05) is 60.6 Å². The number of rotatable bonds is 8. The van der Waals surface area contributed by atoms with Crippen molar-refractivity contribution in [2.24, 2.45) is 0 Å². The third-order valence-electron chi connectivity index (χ3n) is 4.66. The number of carbonyl (C=O) groups is 1. The molecule has 9 heteroatoms. The molecule has 4 aromatic rings. The highest BCUT2D eigenvalue weighted by molar-refractivity contribution is 7.98. The fourth-order valence-electron chi connectivity index (χ4n) is 2.95. The van der Waals surface area contributed by atoms with Crippen LogP contribution in [0.25, 0.3) is 11.4 Å². The van der Waals surface area contributed by atoms with E-state index in [2.05, 4.69) is 34.1 Å². The highest BCUT2D eigenvalue weighted by atomic mass is 32.2. The minimum absolute atomic E-state index is 0.113.